The molecule has 0 N–H and O–H groups in total. The molecule has 1 aliphatic heterocycles. The zero-order valence-corrected chi connectivity index (χ0v) is 20.4. The van der Waals surface area contributed by atoms with Gasteiger partial charge in [0.15, 0.2) is 5.79 Å². The summed E-state index contributed by atoms with van der Waals surface area (Å²) in [4.78, 5) is 12.8. The monoisotopic (exact) mass is 418 g/mol. The van der Waals surface area contributed by atoms with E-state index in [-0.39, 0.29) is 18.2 Å². The summed E-state index contributed by atoms with van der Waals surface area (Å²) in [5, 5.41) is 0. The molecule has 1 aliphatic rings. The second-order valence-corrected chi connectivity index (χ2v) is 15.4. The van der Waals surface area contributed by atoms with Crippen molar-refractivity contribution in [3.63, 3.8) is 0 Å². The Hall–Kier alpha value is -1.43. The third kappa shape index (κ3) is 7.09. The van der Waals surface area contributed by atoms with Gasteiger partial charge in [0.25, 0.3) is 0 Å². The van der Waals surface area contributed by atoms with Gasteiger partial charge in [-0.3, -0.25) is 0 Å². The van der Waals surface area contributed by atoms with Gasteiger partial charge in [-0.15, -0.1) is 0 Å². The average Bonchev–Trinajstić information content (AvgIpc) is 2.87. The van der Waals surface area contributed by atoms with Crippen molar-refractivity contribution in [3.05, 3.63) is 40.5 Å². The summed E-state index contributed by atoms with van der Waals surface area (Å²) >= 11 is 0. The van der Waals surface area contributed by atoms with Crippen LogP contribution in [0.25, 0.3) is 6.08 Å². The number of benzene rings is 1. The first kappa shape index (κ1) is 23.8. The van der Waals surface area contributed by atoms with Crippen molar-refractivity contribution in [1.29, 1.82) is 0 Å². The Bertz CT molecular complexity index is 746. The molecule has 29 heavy (non-hydrogen) atoms. The number of carbonyl (C=O) groups excluding carboxylic acids is 1. The normalized spacial score (nSPS) is 21.7. The SMILES string of the molecule is CCC1OC(C)(C)OC1C/C=C/c1cc(C)cc(C)c1C(=O)OCC[Si](C)(C)C. The summed E-state index contributed by atoms with van der Waals surface area (Å²) in [6, 6.07) is 5.06. The van der Waals surface area contributed by atoms with Crippen LogP contribution in [0.1, 0.15) is 60.7 Å². The molecule has 0 bridgehead atoms. The highest BCUT2D eigenvalue weighted by Gasteiger charge is 2.39. The minimum Gasteiger partial charge on any atom is -0.462 e. The van der Waals surface area contributed by atoms with Crippen LogP contribution in [0, 0.1) is 13.8 Å². The van der Waals surface area contributed by atoms with Gasteiger partial charge in [-0.2, -0.15) is 0 Å². The van der Waals surface area contributed by atoms with Gasteiger partial charge in [0.1, 0.15) is 0 Å². The fourth-order valence-electron chi connectivity index (χ4n) is 3.72. The molecule has 0 saturated carbocycles. The van der Waals surface area contributed by atoms with E-state index in [2.05, 4.69) is 32.6 Å². The molecule has 4 nitrogen and oxygen atoms in total. The standard InChI is InChI=1S/C24H38O4Si/c1-9-20-21(28-24(4,5)27-20)12-10-11-19-16-17(2)15-18(3)22(19)23(25)26-13-14-29(6,7)8/h10-11,15-16,20-21H,9,12-14H2,1-8H3/b11-10+. The number of rotatable bonds is 8. The number of carbonyl (C=O) groups is 1. The lowest BCUT2D eigenvalue weighted by Gasteiger charge is -2.17. The molecular weight excluding hydrogens is 380 g/mol. The van der Waals surface area contributed by atoms with Crippen molar-refractivity contribution in [2.45, 2.75) is 91.1 Å². The highest BCUT2D eigenvalue weighted by atomic mass is 28.3. The van der Waals surface area contributed by atoms with Gasteiger partial charge in [-0.25, -0.2) is 4.79 Å². The van der Waals surface area contributed by atoms with Crippen LogP contribution in [0.4, 0.5) is 0 Å². The molecular formula is C24H38O4Si. The Balaban J connectivity index is 2.13. The Morgan fingerprint density at radius 1 is 1.17 bits per heavy atom. The number of hydrogen-bond acceptors (Lipinski definition) is 4. The number of esters is 1. The summed E-state index contributed by atoms with van der Waals surface area (Å²) < 4.78 is 17.6. The molecule has 0 spiro atoms. The van der Waals surface area contributed by atoms with Crippen molar-refractivity contribution >= 4 is 20.1 Å². The molecule has 1 aromatic carbocycles. The van der Waals surface area contributed by atoms with Crippen LogP contribution in [-0.4, -0.2) is 38.6 Å². The molecule has 0 aromatic heterocycles. The van der Waals surface area contributed by atoms with E-state index < -0.39 is 13.9 Å². The number of aryl methyl sites for hydroxylation is 2. The van der Waals surface area contributed by atoms with Gasteiger partial charge in [-0.1, -0.05) is 56.4 Å². The minimum absolute atomic E-state index is 0.0318. The molecule has 0 amide bonds. The molecule has 1 aromatic rings. The maximum Gasteiger partial charge on any atom is 0.338 e. The van der Waals surface area contributed by atoms with E-state index in [1.807, 2.05) is 45.9 Å². The van der Waals surface area contributed by atoms with Crippen LogP contribution in [0.3, 0.4) is 0 Å². The van der Waals surface area contributed by atoms with Crippen molar-refractivity contribution < 1.29 is 19.0 Å². The van der Waals surface area contributed by atoms with Gasteiger partial charge in [0, 0.05) is 8.07 Å². The van der Waals surface area contributed by atoms with Crippen LogP contribution in [0.15, 0.2) is 18.2 Å². The summed E-state index contributed by atoms with van der Waals surface area (Å²) in [6.07, 6.45) is 5.91. The Kier molecular flexibility index (Phi) is 7.88. The van der Waals surface area contributed by atoms with E-state index in [4.69, 9.17) is 14.2 Å². The van der Waals surface area contributed by atoms with Gasteiger partial charge in [0.2, 0.25) is 0 Å². The highest BCUT2D eigenvalue weighted by Crippen LogP contribution is 2.32. The lowest BCUT2D eigenvalue weighted by molar-refractivity contribution is -0.146. The molecule has 162 valence electrons. The predicted molar refractivity (Wildman–Crippen MR) is 122 cm³/mol. The van der Waals surface area contributed by atoms with E-state index in [0.717, 1.165) is 35.6 Å². The molecule has 2 unspecified atom stereocenters. The largest absolute Gasteiger partial charge is 0.462 e. The van der Waals surface area contributed by atoms with E-state index >= 15 is 0 Å². The van der Waals surface area contributed by atoms with Crippen LogP contribution in [-0.2, 0) is 14.2 Å². The second kappa shape index (κ2) is 9.58. The lowest BCUT2D eigenvalue weighted by atomic mass is 9.98. The first-order valence-electron chi connectivity index (χ1n) is 10.7. The van der Waals surface area contributed by atoms with E-state index in [1.165, 1.54) is 0 Å². The maximum atomic E-state index is 12.8. The fourth-order valence-corrected chi connectivity index (χ4v) is 4.43. The molecule has 0 aliphatic carbocycles. The highest BCUT2D eigenvalue weighted by molar-refractivity contribution is 6.76. The molecule has 1 heterocycles. The second-order valence-electron chi connectivity index (χ2n) is 9.75. The molecule has 2 rings (SSSR count). The van der Waals surface area contributed by atoms with Gasteiger partial charge >= 0.3 is 5.97 Å². The zero-order chi connectivity index (χ0) is 21.8. The summed E-state index contributed by atoms with van der Waals surface area (Å²) in [5.41, 5.74) is 3.66. The summed E-state index contributed by atoms with van der Waals surface area (Å²) in [6.45, 7) is 17.4. The number of hydrogen-bond donors (Lipinski definition) is 0. The quantitative estimate of drug-likeness (QED) is 0.376. The fraction of sp³-hybridized carbons (Fsp3) is 0.625. The lowest BCUT2D eigenvalue weighted by Crippen LogP contribution is -2.23. The topological polar surface area (TPSA) is 44.8 Å². The third-order valence-corrected chi connectivity index (χ3v) is 6.86. The zero-order valence-electron chi connectivity index (χ0n) is 19.4. The van der Waals surface area contributed by atoms with Crippen LogP contribution < -0.4 is 0 Å². The first-order valence-corrected chi connectivity index (χ1v) is 14.4. The first-order chi connectivity index (χ1) is 13.4. The Morgan fingerprint density at radius 2 is 1.83 bits per heavy atom. The summed E-state index contributed by atoms with van der Waals surface area (Å²) in [5.74, 6) is -0.766. The Morgan fingerprint density at radius 3 is 2.45 bits per heavy atom. The average molecular weight is 419 g/mol. The molecule has 5 heteroatoms. The van der Waals surface area contributed by atoms with Crippen LogP contribution in [0.2, 0.25) is 25.7 Å². The van der Waals surface area contributed by atoms with Crippen molar-refractivity contribution in [1.82, 2.24) is 0 Å². The van der Waals surface area contributed by atoms with Gasteiger partial charge in [0.05, 0.1) is 24.4 Å². The molecule has 0 radical (unpaired) electrons. The van der Waals surface area contributed by atoms with E-state index in [1.54, 1.807) is 0 Å². The number of ether oxygens (including phenoxy) is 3. The van der Waals surface area contributed by atoms with Gasteiger partial charge < -0.3 is 14.2 Å². The molecule has 1 fully saturated rings. The maximum absolute atomic E-state index is 12.8. The molecule has 2 atom stereocenters. The summed E-state index contributed by atoms with van der Waals surface area (Å²) in [7, 11) is -1.24. The van der Waals surface area contributed by atoms with Crippen LogP contribution >= 0.6 is 0 Å². The Labute approximate surface area is 177 Å². The van der Waals surface area contributed by atoms with Crippen molar-refractivity contribution in [2.24, 2.45) is 0 Å². The van der Waals surface area contributed by atoms with E-state index in [0.29, 0.717) is 12.2 Å². The molecule has 1 saturated heterocycles. The third-order valence-electron chi connectivity index (χ3n) is 5.15. The predicted octanol–water partition coefficient (Wildman–Crippen LogP) is 6.13. The van der Waals surface area contributed by atoms with Crippen molar-refractivity contribution in [3.8, 4) is 0 Å². The van der Waals surface area contributed by atoms with Crippen LogP contribution in [0.5, 0.6) is 0 Å². The van der Waals surface area contributed by atoms with E-state index in [9.17, 15) is 4.79 Å². The van der Waals surface area contributed by atoms with Crippen molar-refractivity contribution in [2.75, 3.05) is 6.61 Å². The minimum atomic E-state index is -1.24. The smallest absolute Gasteiger partial charge is 0.338 e. The van der Waals surface area contributed by atoms with Gasteiger partial charge in [-0.05, 0) is 57.7 Å².